The molecule has 1 aromatic rings. The Kier molecular flexibility index (Phi) is 2.63. The second-order valence-electron chi connectivity index (χ2n) is 4.46. The van der Waals surface area contributed by atoms with Crippen LogP contribution in [-0.4, -0.2) is 41.7 Å². The first kappa shape index (κ1) is 11.9. The van der Waals surface area contributed by atoms with Crippen molar-refractivity contribution >= 4 is 17.6 Å². The zero-order valence-corrected chi connectivity index (χ0v) is 9.97. The van der Waals surface area contributed by atoms with Gasteiger partial charge in [-0.3, -0.25) is 0 Å². The number of halogens is 1. The molecule has 3 N–H and O–H groups in total. The van der Waals surface area contributed by atoms with Crippen molar-refractivity contribution in [3.63, 3.8) is 0 Å². The van der Waals surface area contributed by atoms with E-state index in [9.17, 15) is 9.18 Å². The molecule has 0 radical (unpaired) electrons. The van der Waals surface area contributed by atoms with Crippen LogP contribution in [0.15, 0.2) is 17.1 Å². The Balaban J connectivity index is 2.17. The molecule has 2 heterocycles. The van der Waals surface area contributed by atoms with Gasteiger partial charge in [-0.25, -0.2) is 14.2 Å². The molecule has 0 amide bonds. The molecule has 2 aliphatic heterocycles. The number of ether oxygens (including phenoxy) is 1. The van der Waals surface area contributed by atoms with Crippen LogP contribution in [0.5, 0.6) is 0 Å². The predicted molar refractivity (Wildman–Crippen MR) is 64.9 cm³/mol. The smallest absolute Gasteiger partial charge is 0.335 e. The van der Waals surface area contributed by atoms with E-state index in [1.54, 1.807) is 4.90 Å². The highest BCUT2D eigenvalue weighted by Crippen LogP contribution is 2.38. The van der Waals surface area contributed by atoms with Crippen LogP contribution in [-0.2, 0) is 4.74 Å². The Bertz CT molecular complexity index is 588. The average Bonchev–Trinajstić information content (AvgIpc) is 2.40. The molecule has 100 valence electrons. The van der Waals surface area contributed by atoms with Crippen LogP contribution < -0.4 is 5.73 Å². The highest BCUT2D eigenvalue weighted by molar-refractivity contribution is 5.90. The van der Waals surface area contributed by atoms with Crippen molar-refractivity contribution in [2.75, 3.05) is 19.8 Å². The van der Waals surface area contributed by atoms with Gasteiger partial charge >= 0.3 is 5.97 Å². The predicted octanol–water partition coefficient (Wildman–Crippen LogP) is 0.857. The minimum atomic E-state index is -1.17. The number of nitrogens with zero attached hydrogens (tertiary/aromatic N) is 2. The van der Waals surface area contributed by atoms with Gasteiger partial charge in [-0.15, -0.1) is 0 Å². The molecule has 0 saturated carbocycles. The van der Waals surface area contributed by atoms with Gasteiger partial charge in [0, 0.05) is 12.1 Å². The number of fused-ring (bicyclic) bond motifs is 3. The fourth-order valence-corrected chi connectivity index (χ4v) is 2.43. The fourth-order valence-electron chi connectivity index (χ4n) is 2.43. The first-order chi connectivity index (χ1) is 9.08. The number of nitrogens with two attached hydrogens (primary N) is 1. The fraction of sp³-hybridized carbons (Fsp3) is 0.333. The number of carbonyl (C=O) groups is 1. The Hall–Kier alpha value is -2.15. The summed E-state index contributed by atoms with van der Waals surface area (Å²) in [6, 6.07) is 2.11. The van der Waals surface area contributed by atoms with Crippen molar-refractivity contribution in [1.82, 2.24) is 4.90 Å². The summed E-state index contributed by atoms with van der Waals surface area (Å²) in [6.45, 7) is 1.41. The molecular weight excluding hydrogens is 253 g/mol. The van der Waals surface area contributed by atoms with Crippen LogP contribution in [0.2, 0.25) is 0 Å². The first-order valence-electron chi connectivity index (χ1n) is 5.83. The number of rotatable bonds is 1. The molecular formula is C12H12FN3O3. The molecule has 1 atom stereocenters. The minimum Gasteiger partial charge on any atom is -0.478 e. The summed E-state index contributed by atoms with van der Waals surface area (Å²) in [7, 11) is 0. The number of carboxylic acid groups (broad SMARTS) is 1. The van der Waals surface area contributed by atoms with Crippen molar-refractivity contribution in [3.8, 4) is 0 Å². The number of aliphatic imine (C=N–C) groups is 1. The number of hydrogen-bond donors (Lipinski definition) is 2. The second-order valence-corrected chi connectivity index (χ2v) is 4.46. The lowest BCUT2D eigenvalue weighted by atomic mass is 9.98. The van der Waals surface area contributed by atoms with Crippen molar-refractivity contribution in [2.45, 2.75) is 6.04 Å². The quantitative estimate of drug-likeness (QED) is 0.786. The molecule has 6 nitrogen and oxygen atoms in total. The molecule has 7 heteroatoms. The second kappa shape index (κ2) is 4.20. The van der Waals surface area contributed by atoms with Crippen molar-refractivity contribution in [2.24, 2.45) is 10.7 Å². The molecule has 0 aliphatic carbocycles. The number of guanidine groups is 1. The Labute approximate surface area is 108 Å². The summed E-state index contributed by atoms with van der Waals surface area (Å²) < 4.78 is 19.3. The first-order valence-corrected chi connectivity index (χ1v) is 5.83. The van der Waals surface area contributed by atoms with Crippen LogP contribution in [0.3, 0.4) is 0 Å². The molecule has 3 rings (SSSR count). The van der Waals surface area contributed by atoms with Gasteiger partial charge < -0.3 is 20.5 Å². The van der Waals surface area contributed by atoms with E-state index in [-0.39, 0.29) is 23.3 Å². The zero-order chi connectivity index (χ0) is 13.6. The summed E-state index contributed by atoms with van der Waals surface area (Å²) in [5, 5.41) is 8.99. The molecule has 1 fully saturated rings. The lowest BCUT2D eigenvalue weighted by Gasteiger charge is -2.39. The molecule has 1 aromatic carbocycles. The number of carboxylic acids is 1. The van der Waals surface area contributed by atoms with Gasteiger partial charge in [-0.1, -0.05) is 0 Å². The van der Waals surface area contributed by atoms with E-state index in [4.69, 9.17) is 15.6 Å². The zero-order valence-electron chi connectivity index (χ0n) is 9.97. The van der Waals surface area contributed by atoms with E-state index in [0.717, 1.165) is 6.07 Å². The van der Waals surface area contributed by atoms with Crippen molar-refractivity contribution in [1.29, 1.82) is 0 Å². The van der Waals surface area contributed by atoms with E-state index in [1.165, 1.54) is 6.07 Å². The summed E-state index contributed by atoms with van der Waals surface area (Å²) in [6.07, 6.45) is 0. The van der Waals surface area contributed by atoms with E-state index < -0.39 is 11.8 Å². The third kappa shape index (κ3) is 1.82. The molecule has 0 aromatic heterocycles. The third-order valence-corrected chi connectivity index (χ3v) is 3.35. The monoisotopic (exact) mass is 265 g/mol. The maximum Gasteiger partial charge on any atom is 0.335 e. The van der Waals surface area contributed by atoms with E-state index in [0.29, 0.717) is 25.3 Å². The van der Waals surface area contributed by atoms with E-state index >= 15 is 0 Å². The lowest BCUT2D eigenvalue weighted by Crippen LogP contribution is -2.48. The largest absolute Gasteiger partial charge is 0.478 e. The summed E-state index contributed by atoms with van der Waals surface area (Å²) in [5.74, 6) is -1.61. The van der Waals surface area contributed by atoms with Crippen LogP contribution in [0.1, 0.15) is 22.0 Å². The van der Waals surface area contributed by atoms with Crippen LogP contribution >= 0.6 is 0 Å². The molecule has 0 spiro atoms. The van der Waals surface area contributed by atoms with Gasteiger partial charge in [-0.05, 0) is 12.1 Å². The average molecular weight is 265 g/mol. The topological polar surface area (TPSA) is 88.1 Å². The Morgan fingerprint density at radius 2 is 2.37 bits per heavy atom. The normalized spacial score (nSPS) is 21.4. The molecule has 0 bridgehead atoms. The van der Waals surface area contributed by atoms with Gasteiger partial charge in [0.1, 0.15) is 11.5 Å². The van der Waals surface area contributed by atoms with Crippen LogP contribution in [0, 0.1) is 5.82 Å². The number of aromatic carboxylic acids is 1. The van der Waals surface area contributed by atoms with Gasteiger partial charge in [0.25, 0.3) is 0 Å². The Morgan fingerprint density at radius 1 is 1.58 bits per heavy atom. The molecule has 2 aliphatic rings. The van der Waals surface area contributed by atoms with E-state index in [1.807, 2.05) is 0 Å². The highest BCUT2D eigenvalue weighted by Gasteiger charge is 2.33. The van der Waals surface area contributed by atoms with Gasteiger partial charge in [0.15, 0.2) is 5.96 Å². The maximum atomic E-state index is 13.9. The third-order valence-electron chi connectivity index (χ3n) is 3.35. The molecule has 1 saturated heterocycles. The van der Waals surface area contributed by atoms with Gasteiger partial charge in [0.2, 0.25) is 0 Å². The maximum absolute atomic E-state index is 13.9. The van der Waals surface area contributed by atoms with Crippen molar-refractivity contribution < 1.29 is 19.0 Å². The standard InChI is InChI=1S/C12H12FN3O3/c13-8-4-6(11(17)18)3-7-9-5-19-2-1-16(9)12(14)15-10(7)8/h3-4,9H,1-2,5H2,(H2,14,15)(H,17,18)/t9-/m0/s1. The lowest BCUT2D eigenvalue weighted by molar-refractivity contribution is 0.0239. The number of hydrogen-bond acceptors (Lipinski definition) is 5. The van der Waals surface area contributed by atoms with Crippen LogP contribution in [0.4, 0.5) is 10.1 Å². The summed E-state index contributed by atoms with van der Waals surface area (Å²) >= 11 is 0. The number of morpholine rings is 1. The van der Waals surface area contributed by atoms with Crippen molar-refractivity contribution in [3.05, 3.63) is 29.1 Å². The van der Waals surface area contributed by atoms with Gasteiger partial charge in [0.05, 0.1) is 24.8 Å². The molecule has 0 unspecified atom stereocenters. The highest BCUT2D eigenvalue weighted by atomic mass is 19.1. The van der Waals surface area contributed by atoms with E-state index in [2.05, 4.69) is 4.99 Å². The summed E-state index contributed by atoms with van der Waals surface area (Å²) in [5.41, 5.74) is 6.32. The Morgan fingerprint density at radius 3 is 3.11 bits per heavy atom. The van der Waals surface area contributed by atoms with Gasteiger partial charge in [-0.2, -0.15) is 0 Å². The molecule has 19 heavy (non-hydrogen) atoms. The number of benzene rings is 1. The minimum absolute atomic E-state index is 0.0996. The SMILES string of the molecule is NC1=Nc2c(F)cc(C(=O)O)cc2[C@@H]2COCCN12. The van der Waals surface area contributed by atoms with Crippen LogP contribution in [0.25, 0.3) is 0 Å². The summed E-state index contributed by atoms with van der Waals surface area (Å²) in [4.78, 5) is 16.8.